The van der Waals surface area contributed by atoms with E-state index in [0.29, 0.717) is 18.8 Å². The second-order valence-electron chi connectivity index (χ2n) is 7.00. The number of aliphatic hydroxyl groups excluding tert-OH is 1. The van der Waals surface area contributed by atoms with Crippen LogP contribution in [-0.4, -0.2) is 55.3 Å². The molecule has 9 nitrogen and oxygen atoms in total. The summed E-state index contributed by atoms with van der Waals surface area (Å²) in [7, 11) is 0. The first-order chi connectivity index (χ1) is 13.5. The summed E-state index contributed by atoms with van der Waals surface area (Å²) >= 11 is 0. The lowest BCUT2D eigenvalue weighted by Crippen LogP contribution is -2.46. The van der Waals surface area contributed by atoms with E-state index < -0.39 is 6.29 Å². The third-order valence-electron chi connectivity index (χ3n) is 5.03. The summed E-state index contributed by atoms with van der Waals surface area (Å²) in [4.78, 5) is 4.67. The third-order valence-corrected chi connectivity index (χ3v) is 5.03. The molecule has 1 aliphatic heterocycles. The molecule has 0 bridgehead atoms. The fourth-order valence-electron chi connectivity index (χ4n) is 3.45. The largest absolute Gasteiger partial charge is 0.384 e. The number of H-pyrrole nitrogens is 1. The molecule has 146 valence electrons. The predicted molar refractivity (Wildman–Crippen MR) is 108 cm³/mol. The first-order valence-electron chi connectivity index (χ1n) is 9.13. The Labute approximate surface area is 161 Å². The van der Waals surface area contributed by atoms with Crippen LogP contribution in [0.15, 0.2) is 42.2 Å². The molecule has 2 aromatic heterocycles. The molecule has 0 amide bonds. The van der Waals surface area contributed by atoms with E-state index >= 15 is 0 Å². The van der Waals surface area contributed by atoms with E-state index in [-0.39, 0.29) is 17.8 Å². The Balaban J connectivity index is 1.62. The molecule has 0 radical (unpaired) electrons. The number of fused-ring (bicyclic) bond motifs is 1. The molecule has 0 saturated carbocycles. The highest BCUT2D eigenvalue weighted by molar-refractivity contribution is 5.87. The van der Waals surface area contributed by atoms with Gasteiger partial charge in [-0.1, -0.05) is 12.6 Å². The number of benzene rings is 1. The van der Waals surface area contributed by atoms with Crippen LogP contribution in [0.3, 0.4) is 0 Å². The first-order valence-corrected chi connectivity index (χ1v) is 9.13. The SMILES string of the molecule is C=C(N)n1ncc(-c2ccc3[nH]ncc3c2)c1/N=C/C1CCC(C(O)O)NC1. The van der Waals surface area contributed by atoms with Gasteiger partial charge in [-0.05, 0) is 30.5 Å². The molecule has 4 rings (SSSR count). The molecule has 2 unspecified atom stereocenters. The molecule has 28 heavy (non-hydrogen) atoms. The van der Waals surface area contributed by atoms with E-state index in [2.05, 4.69) is 32.2 Å². The monoisotopic (exact) mass is 381 g/mol. The van der Waals surface area contributed by atoms with Crippen molar-refractivity contribution in [3.63, 3.8) is 0 Å². The lowest BCUT2D eigenvalue weighted by atomic mass is 9.95. The molecule has 2 atom stereocenters. The molecule has 3 heterocycles. The fraction of sp³-hybridized carbons (Fsp3) is 0.316. The first kappa shape index (κ1) is 18.4. The summed E-state index contributed by atoms with van der Waals surface area (Å²) in [6.45, 7) is 4.41. The van der Waals surface area contributed by atoms with Gasteiger partial charge in [0.2, 0.25) is 0 Å². The maximum absolute atomic E-state index is 9.28. The van der Waals surface area contributed by atoms with E-state index in [9.17, 15) is 10.2 Å². The van der Waals surface area contributed by atoms with Gasteiger partial charge in [-0.2, -0.15) is 14.9 Å². The van der Waals surface area contributed by atoms with Crippen molar-refractivity contribution in [1.29, 1.82) is 0 Å². The number of aliphatic hydroxyl groups is 2. The van der Waals surface area contributed by atoms with Gasteiger partial charge in [0.15, 0.2) is 12.1 Å². The van der Waals surface area contributed by atoms with E-state index in [0.717, 1.165) is 28.5 Å². The van der Waals surface area contributed by atoms with E-state index in [4.69, 9.17) is 5.73 Å². The normalized spacial score (nSPS) is 20.4. The minimum atomic E-state index is -1.34. The van der Waals surface area contributed by atoms with Gasteiger partial charge in [-0.25, -0.2) is 4.99 Å². The van der Waals surface area contributed by atoms with Gasteiger partial charge in [0.1, 0.15) is 5.82 Å². The number of aliphatic imine (C=N–C) groups is 1. The van der Waals surface area contributed by atoms with Gasteiger partial charge in [0, 0.05) is 29.6 Å². The van der Waals surface area contributed by atoms with Crippen molar-refractivity contribution in [1.82, 2.24) is 25.3 Å². The number of aromatic nitrogens is 4. The Morgan fingerprint density at radius 2 is 2.21 bits per heavy atom. The average molecular weight is 381 g/mol. The summed E-state index contributed by atoms with van der Waals surface area (Å²) in [5.74, 6) is 1.07. The van der Waals surface area contributed by atoms with Crippen molar-refractivity contribution < 1.29 is 10.2 Å². The van der Waals surface area contributed by atoms with Gasteiger partial charge in [-0.3, -0.25) is 5.10 Å². The van der Waals surface area contributed by atoms with Crippen LogP contribution in [0.1, 0.15) is 12.8 Å². The van der Waals surface area contributed by atoms with Crippen LogP contribution in [0.2, 0.25) is 0 Å². The van der Waals surface area contributed by atoms with Gasteiger partial charge in [0.05, 0.1) is 24.0 Å². The number of aromatic amines is 1. The average Bonchev–Trinajstić information content (AvgIpc) is 3.32. The standard InChI is InChI=1S/C19H23N7O2/c1-11(20)26-18(22-8-12-2-4-17(19(27)28)21-7-12)15(10-24-26)13-3-5-16-14(6-13)9-23-25-16/h3,5-6,8-10,12,17,19,21,27-28H,1-2,4,7,20H2,(H,23,25)/b22-8+. The molecule has 0 aliphatic carbocycles. The minimum absolute atomic E-state index is 0.175. The van der Waals surface area contributed by atoms with Gasteiger partial charge < -0.3 is 21.3 Å². The maximum atomic E-state index is 9.28. The van der Waals surface area contributed by atoms with Crippen LogP contribution >= 0.6 is 0 Å². The molecule has 6 N–H and O–H groups in total. The van der Waals surface area contributed by atoms with Crippen LogP contribution < -0.4 is 11.1 Å². The molecule has 3 aromatic rings. The van der Waals surface area contributed by atoms with Crippen molar-refractivity contribution in [2.24, 2.45) is 16.6 Å². The van der Waals surface area contributed by atoms with E-state index in [1.165, 1.54) is 4.68 Å². The van der Waals surface area contributed by atoms with Crippen LogP contribution in [0.4, 0.5) is 5.82 Å². The third kappa shape index (κ3) is 3.55. The maximum Gasteiger partial charge on any atom is 0.167 e. The number of nitrogens with two attached hydrogens (primary N) is 1. The Kier molecular flexibility index (Phi) is 4.95. The van der Waals surface area contributed by atoms with Crippen molar-refractivity contribution in [2.45, 2.75) is 25.2 Å². The molecular formula is C19H23N7O2. The predicted octanol–water partition coefficient (Wildman–Crippen LogP) is 1.19. The van der Waals surface area contributed by atoms with Crippen LogP contribution in [0, 0.1) is 5.92 Å². The minimum Gasteiger partial charge on any atom is -0.384 e. The topological polar surface area (TPSA) is 137 Å². The second kappa shape index (κ2) is 7.55. The summed E-state index contributed by atoms with van der Waals surface area (Å²) in [5, 5.41) is 34.0. The van der Waals surface area contributed by atoms with Gasteiger partial charge in [-0.15, -0.1) is 0 Å². The number of hydrogen-bond acceptors (Lipinski definition) is 7. The van der Waals surface area contributed by atoms with Crippen molar-refractivity contribution in [3.8, 4) is 11.1 Å². The summed E-state index contributed by atoms with van der Waals surface area (Å²) in [5.41, 5.74) is 8.65. The van der Waals surface area contributed by atoms with Gasteiger partial charge >= 0.3 is 0 Å². The molecule has 9 heteroatoms. The Hall–Kier alpha value is -3.01. The zero-order valence-electron chi connectivity index (χ0n) is 15.3. The van der Waals surface area contributed by atoms with Gasteiger partial charge in [0.25, 0.3) is 0 Å². The number of rotatable bonds is 5. The van der Waals surface area contributed by atoms with E-state index in [1.807, 2.05) is 24.4 Å². The molecule has 0 spiro atoms. The summed E-state index contributed by atoms with van der Waals surface area (Å²) in [6, 6.07) is 5.67. The van der Waals surface area contributed by atoms with Crippen LogP contribution in [0.25, 0.3) is 27.9 Å². The quantitative estimate of drug-likeness (QED) is 0.333. The molecule has 1 fully saturated rings. The molecule has 1 saturated heterocycles. The summed E-state index contributed by atoms with van der Waals surface area (Å²) < 4.78 is 1.52. The zero-order valence-corrected chi connectivity index (χ0v) is 15.3. The Bertz CT molecular complexity index is 1010. The highest BCUT2D eigenvalue weighted by Gasteiger charge is 2.24. The van der Waals surface area contributed by atoms with E-state index in [1.54, 1.807) is 12.4 Å². The van der Waals surface area contributed by atoms with Crippen LogP contribution in [-0.2, 0) is 0 Å². The van der Waals surface area contributed by atoms with Crippen molar-refractivity contribution in [2.75, 3.05) is 6.54 Å². The smallest absolute Gasteiger partial charge is 0.167 e. The number of piperidine rings is 1. The number of nitrogens with one attached hydrogen (secondary N) is 2. The highest BCUT2D eigenvalue weighted by atomic mass is 16.5. The lowest BCUT2D eigenvalue weighted by molar-refractivity contribution is -0.0733. The lowest BCUT2D eigenvalue weighted by Gasteiger charge is -2.28. The number of nitrogens with zero attached hydrogens (tertiary/aromatic N) is 4. The molecule has 1 aromatic carbocycles. The summed E-state index contributed by atoms with van der Waals surface area (Å²) in [6.07, 6.45) is 5.50. The van der Waals surface area contributed by atoms with Crippen molar-refractivity contribution in [3.05, 3.63) is 37.2 Å². The van der Waals surface area contributed by atoms with Crippen LogP contribution in [0.5, 0.6) is 0 Å². The Morgan fingerprint density at radius 1 is 1.36 bits per heavy atom. The second-order valence-corrected chi connectivity index (χ2v) is 7.00. The number of hydrogen-bond donors (Lipinski definition) is 5. The van der Waals surface area contributed by atoms with Crippen molar-refractivity contribution >= 4 is 28.8 Å². The molecule has 1 aliphatic rings. The fourth-order valence-corrected chi connectivity index (χ4v) is 3.45. The highest BCUT2D eigenvalue weighted by Crippen LogP contribution is 2.33. The molecular weight excluding hydrogens is 358 g/mol. The Morgan fingerprint density at radius 3 is 2.93 bits per heavy atom. The zero-order chi connectivity index (χ0) is 19.7.